The molecule has 0 radical (unpaired) electrons. The van der Waals surface area contributed by atoms with E-state index in [-0.39, 0.29) is 13.2 Å². The molecule has 8 nitrogen and oxygen atoms in total. The molecule has 0 aliphatic heterocycles. The second kappa shape index (κ2) is 8.19. The van der Waals surface area contributed by atoms with Crippen LogP contribution in [0.3, 0.4) is 0 Å². The summed E-state index contributed by atoms with van der Waals surface area (Å²) in [6, 6.07) is 15.5. The highest BCUT2D eigenvalue weighted by molar-refractivity contribution is 6.31. The van der Waals surface area contributed by atoms with Crippen LogP contribution >= 0.6 is 11.6 Å². The first-order valence-corrected chi connectivity index (χ1v) is 9.33. The van der Waals surface area contributed by atoms with Crippen LogP contribution in [0, 0.1) is 11.3 Å². The maximum absolute atomic E-state index is 11.8. The topological polar surface area (TPSA) is 113 Å². The lowest BCUT2D eigenvalue weighted by atomic mass is 10.2. The monoisotopic (exact) mass is 422 g/mol. The quantitative estimate of drug-likeness (QED) is 0.494. The smallest absolute Gasteiger partial charge is 0.328 e. The minimum Gasteiger partial charge on any atom is -0.488 e. The van der Waals surface area contributed by atoms with Gasteiger partial charge in [-0.1, -0.05) is 23.7 Å². The SMILES string of the molecule is N#Cc1cc2c(Oc3ccccc3OCCn3ccc(=O)[nH]c3=O)cc(Cl)cc2[nH]1. The van der Waals surface area contributed by atoms with Gasteiger partial charge in [-0.2, -0.15) is 5.26 Å². The zero-order valence-electron chi connectivity index (χ0n) is 15.5. The highest BCUT2D eigenvalue weighted by Crippen LogP contribution is 2.37. The number of nitrogens with one attached hydrogen (secondary N) is 2. The Bertz CT molecular complexity index is 1380. The third-order valence-corrected chi connectivity index (χ3v) is 4.56. The highest BCUT2D eigenvalue weighted by atomic mass is 35.5. The molecular formula is C21H15ClN4O4. The van der Waals surface area contributed by atoms with E-state index in [0.29, 0.717) is 38.9 Å². The number of nitriles is 1. The molecule has 150 valence electrons. The van der Waals surface area contributed by atoms with Gasteiger partial charge in [0.2, 0.25) is 0 Å². The summed E-state index contributed by atoms with van der Waals surface area (Å²) < 4.78 is 13.2. The Balaban J connectivity index is 1.56. The molecule has 0 saturated carbocycles. The second-order valence-electron chi connectivity index (χ2n) is 6.36. The van der Waals surface area contributed by atoms with Crippen LogP contribution in [0.4, 0.5) is 0 Å². The zero-order chi connectivity index (χ0) is 21.1. The van der Waals surface area contributed by atoms with Crippen molar-refractivity contribution in [3.63, 3.8) is 0 Å². The third kappa shape index (κ3) is 4.06. The fourth-order valence-corrected chi connectivity index (χ4v) is 3.17. The molecular weight excluding hydrogens is 408 g/mol. The summed E-state index contributed by atoms with van der Waals surface area (Å²) in [5, 5.41) is 10.3. The fourth-order valence-electron chi connectivity index (χ4n) is 2.96. The average Bonchev–Trinajstić information content (AvgIpc) is 3.14. The predicted octanol–water partition coefficient (Wildman–Crippen LogP) is 3.41. The average molecular weight is 423 g/mol. The number of hydrogen-bond acceptors (Lipinski definition) is 5. The van der Waals surface area contributed by atoms with Crippen molar-refractivity contribution in [3.8, 4) is 23.3 Å². The lowest BCUT2D eigenvalue weighted by Gasteiger charge is -2.13. The van der Waals surface area contributed by atoms with E-state index in [9.17, 15) is 9.59 Å². The number of halogens is 1. The van der Waals surface area contributed by atoms with Gasteiger partial charge in [0.15, 0.2) is 11.5 Å². The molecule has 0 unspecified atom stereocenters. The number of aromatic nitrogens is 3. The first-order chi connectivity index (χ1) is 14.5. The standard InChI is InChI=1S/C21H15ClN4O4/c22-13-9-16-15(11-14(12-23)24-16)19(10-13)30-18-4-2-1-3-17(18)29-8-7-26-6-5-20(27)25-21(26)28/h1-6,9-11,24H,7-8H2,(H,25,27,28). The molecule has 0 spiro atoms. The molecule has 2 aromatic carbocycles. The van der Waals surface area contributed by atoms with Crippen molar-refractivity contribution in [2.75, 3.05) is 6.61 Å². The minimum absolute atomic E-state index is 0.181. The fraction of sp³-hybridized carbons (Fsp3) is 0.0952. The Labute approximate surface area is 174 Å². The normalized spacial score (nSPS) is 10.7. The molecule has 0 amide bonds. The summed E-state index contributed by atoms with van der Waals surface area (Å²) in [7, 11) is 0. The molecule has 0 bridgehead atoms. The molecule has 9 heteroatoms. The summed E-state index contributed by atoms with van der Waals surface area (Å²) in [5.74, 6) is 1.40. The maximum atomic E-state index is 11.8. The highest BCUT2D eigenvalue weighted by Gasteiger charge is 2.12. The van der Waals surface area contributed by atoms with Crippen molar-refractivity contribution in [2.45, 2.75) is 6.54 Å². The van der Waals surface area contributed by atoms with Gasteiger partial charge in [-0.25, -0.2) is 4.79 Å². The predicted molar refractivity (Wildman–Crippen MR) is 111 cm³/mol. The summed E-state index contributed by atoms with van der Waals surface area (Å²) in [6.45, 7) is 0.425. The van der Waals surface area contributed by atoms with Gasteiger partial charge in [-0.15, -0.1) is 0 Å². The van der Waals surface area contributed by atoms with E-state index in [1.54, 1.807) is 42.5 Å². The molecule has 2 N–H and O–H groups in total. The lowest BCUT2D eigenvalue weighted by Crippen LogP contribution is -2.30. The maximum Gasteiger partial charge on any atom is 0.328 e. The van der Waals surface area contributed by atoms with Crippen molar-refractivity contribution in [2.24, 2.45) is 0 Å². The van der Waals surface area contributed by atoms with E-state index >= 15 is 0 Å². The van der Waals surface area contributed by atoms with Crippen molar-refractivity contribution < 1.29 is 9.47 Å². The van der Waals surface area contributed by atoms with Crippen molar-refractivity contribution in [1.82, 2.24) is 14.5 Å². The van der Waals surface area contributed by atoms with Gasteiger partial charge in [0.25, 0.3) is 5.56 Å². The molecule has 0 atom stereocenters. The molecule has 30 heavy (non-hydrogen) atoms. The lowest BCUT2D eigenvalue weighted by molar-refractivity contribution is 0.283. The van der Waals surface area contributed by atoms with Gasteiger partial charge in [0.05, 0.1) is 12.1 Å². The number of rotatable bonds is 6. The van der Waals surface area contributed by atoms with Crippen molar-refractivity contribution in [3.05, 3.63) is 86.3 Å². The molecule has 0 aliphatic rings. The molecule has 2 aromatic heterocycles. The number of hydrogen-bond donors (Lipinski definition) is 2. The van der Waals surface area contributed by atoms with E-state index in [1.165, 1.54) is 16.8 Å². The minimum atomic E-state index is -0.502. The van der Waals surface area contributed by atoms with Crippen LogP contribution in [0.15, 0.2) is 64.3 Å². The molecule has 0 aliphatic carbocycles. The van der Waals surface area contributed by atoms with Crippen LogP contribution < -0.4 is 20.7 Å². The number of H-pyrrole nitrogens is 2. The Morgan fingerprint density at radius 2 is 1.83 bits per heavy atom. The van der Waals surface area contributed by atoms with Crippen LogP contribution in [0.2, 0.25) is 5.02 Å². The van der Waals surface area contributed by atoms with Gasteiger partial charge >= 0.3 is 5.69 Å². The van der Waals surface area contributed by atoms with E-state index in [4.69, 9.17) is 26.3 Å². The summed E-state index contributed by atoms with van der Waals surface area (Å²) in [6.07, 6.45) is 1.41. The van der Waals surface area contributed by atoms with Gasteiger partial charge in [-0.3, -0.25) is 14.3 Å². The molecule has 2 heterocycles. The summed E-state index contributed by atoms with van der Waals surface area (Å²) in [5.41, 5.74) is 0.128. The number of fused-ring (bicyclic) bond motifs is 1. The van der Waals surface area contributed by atoms with Gasteiger partial charge in [0.1, 0.15) is 24.1 Å². The number of nitrogens with zero attached hydrogens (tertiary/aromatic N) is 2. The number of ether oxygens (including phenoxy) is 2. The van der Waals surface area contributed by atoms with Gasteiger partial charge in [0, 0.05) is 28.7 Å². The third-order valence-electron chi connectivity index (χ3n) is 4.34. The van der Waals surface area contributed by atoms with E-state index in [2.05, 4.69) is 16.0 Å². The van der Waals surface area contributed by atoms with Crippen molar-refractivity contribution in [1.29, 1.82) is 5.26 Å². The Morgan fingerprint density at radius 3 is 2.60 bits per heavy atom. The number of aromatic amines is 2. The zero-order valence-corrected chi connectivity index (χ0v) is 16.3. The first kappa shape index (κ1) is 19.4. The second-order valence-corrected chi connectivity index (χ2v) is 6.80. The molecule has 4 rings (SSSR count). The van der Waals surface area contributed by atoms with Crippen LogP contribution in [-0.4, -0.2) is 21.1 Å². The first-order valence-electron chi connectivity index (χ1n) is 8.95. The van der Waals surface area contributed by atoms with Gasteiger partial charge in [-0.05, 0) is 24.3 Å². The Hall–Kier alpha value is -3.96. The van der Waals surface area contributed by atoms with Crippen molar-refractivity contribution >= 4 is 22.5 Å². The van der Waals surface area contributed by atoms with Crippen LogP contribution in [0.25, 0.3) is 10.9 Å². The molecule has 4 aromatic rings. The van der Waals surface area contributed by atoms with E-state index < -0.39 is 11.2 Å². The Morgan fingerprint density at radius 1 is 1.03 bits per heavy atom. The summed E-state index contributed by atoms with van der Waals surface area (Å²) >= 11 is 6.19. The van der Waals surface area contributed by atoms with Crippen LogP contribution in [-0.2, 0) is 6.54 Å². The molecule has 0 fully saturated rings. The summed E-state index contributed by atoms with van der Waals surface area (Å²) in [4.78, 5) is 28.1. The number of benzene rings is 2. The van der Waals surface area contributed by atoms with E-state index in [0.717, 1.165) is 0 Å². The van der Waals surface area contributed by atoms with Crippen LogP contribution in [0.5, 0.6) is 17.2 Å². The Kier molecular flexibility index (Phi) is 5.28. The van der Waals surface area contributed by atoms with Gasteiger partial charge < -0.3 is 14.5 Å². The van der Waals surface area contributed by atoms with Crippen LogP contribution in [0.1, 0.15) is 5.69 Å². The molecule has 0 saturated heterocycles. The number of para-hydroxylation sites is 2. The van der Waals surface area contributed by atoms with E-state index in [1.807, 2.05) is 0 Å². The largest absolute Gasteiger partial charge is 0.488 e.